The molecule has 1 nitrogen and oxygen atoms in total. The second-order valence-corrected chi connectivity index (χ2v) is 3.24. The van der Waals surface area contributed by atoms with Gasteiger partial charge in [-0.1, -0.05) is 17.7 Å². The Morgan fingerprint density at radius 2 is 2.08 bits per heavy atom. The first-order valence-electron chi connectivity index (χ1n) is 2.99. The molecule has 68 valence electrons. The van der Waals surface area contributed by atoms with E-state index < -0.39 is 5.82 Å². The molecule has 0 fully saturated rings. The molecule has 1 aromatic carbocycles. The quantitative estimate of drug-likeness (QED) is 0.783. The summed E-state index contributed by atoms with van der Waals surface area (Å²) < 4.78 is 13.3. The molecule has 2 N–H and O–H groups in total. The predicted octanol–water partition coefficient (Wildman–Crippen LogP) is 3.12. The first-order chi connectivity index (χ1) is 5.16. The van der Waals surface area contributed by atoms with Gasteiger partial charge in [-0.3, -0.25) is 0 Å². The first-order valence-corrected chi connectivity index (χ1v) is 4.16. The molecule has 0 unspecified atom stereocenters. The Morgan fingerprint density at radius 1 is 1.50 bits per heavy atom. The Labute approximate surface area is 89.6 Å². The maximum Gasteiger partial charge on any atom is 0.156 e. The molecular weight excluding hydrogens is 268 g/mol. The topological polar surface area (TPSA) is 26.0 Å². The lowest BCUT2D eigenvalue weighted by atomic mass is 10.2. The Kier molecular flexibility index (Phi) is 5.09. The number of hydrogen-bond donors (Lipinski definition) is 1. The maximum absolute atomic E-state index is 12.9. The van der Waals surface area contributed by atoms with E-state index in [-0.39, 0.29) is 17.4 Å². The molecule has 0 aliphatic rings. The largest absolute Gasteiger partial charge is 0.326 e. The van der Waals surface area contributed by atoms with E-state index in [1.54, 1.807) is 6.07 Å². The van der Waals surface area contributed by atoms with Crippen LogP contribution in [0.25, 0.3) is 0 Å². The van der Waals surface area contributed by atoms with Crippen molar-refractivity contribution in [3.8, 4) is 0 Å². The molecule has 0 amide bonds. The third-order valence-corrected chi connectivity index (χ3v) is 2.48. The van der Waals surface area contributed by atoms with Gasteiger partial charge in [0, 0.05) is 6.54 Å². The molecule has 0 heterocycles. The van der Waals surface area contributed by atoms with Crippen molar-refractivity contribution in [1.82, 2.24) is 0 Å². The van der Waals surface area contributed by atoms with Gasteiger partial charge in [0.05, 0.1) is 9.50 Å². The van der Waals surface area contributed by atoms with Crippen molar-refractivity contribution >= 4 is 39.9 Å². The van der Waals surface area contributed by atoms with Crippen molar-refractivity contribution in [2.75, 3.05) is 0 Å². The van der Waals surface area contributed by atoms with Gasteiger partial charge in [-0.25, -0.2) is 4.39 Å². The maximum atomic E-state index is 12.9. The molecule has 0 bridgehead atoms. The van der Waals surface area contributed by atoms with Crippen LogP contribution in [0.5, 0.6) is 0 Å². The average Bonchev–Trinajstić information content (AvgIpc) is 2.01. The van der Waals surface area contributed by atoms with Gasteiger partial charge in [0.15, 0.2) is 5.82 Å². The third-order valence-electron chi connectivity index (χ3n) is 1.34. The Morgan fingerprint density at radius 3 is 2.58 bits per heavy atom. The van der Waals surface area contributed by atoms with Crippen LogP contribution in [0, 0.1) is 5.82 Å². The van der Waals surface area contributed by atoms with Crippen LogP contribution in [0.1, 0.15) is 5.56 Å². The minimum Gasteiger partial charge on any atom is -0.326 e. The van der Waals surface area contributed by atoms with E-state index >= 15 is 0 Å². The van der Waals surface area contributed by atoms with Gasteiger partial charge in [-0.15, -0.1) is 12.4 Å². The lowest BCUT2D eigenvalue weighted by Gasteiger charge is -2.02. The molecule has 0 saturated heterocycles. The highest BCUT2D eigenvalue weighted by atomic mass is 79.9. The van der Waals surface area contributed by atoms with Crippen LogP contribution in [0.3, 0.4) is 0 Å². The summed E-state index contributed by atoms with van der Waals surface area (Å²) in [6.45, 7) is 0.300. The van der Waals surface area contributed by atoms with E-state index in [1.807, 2.05) is 0 Å². The number of nitrogens with two attached hydrogens (primary N) is 1. The Balaban J connectivity index is 0.00000121. The summed E-state index contributed by atoms with van der Waals surface area (Å²) >= 11 is 8.55. The molecule has 0 aliphatic heterocycles. The predicted molar refractivity (Wildman–Crippen MR) is 54.2 cm³/mol. The number of hydrogen-bond acceptors (Lipinski definition) is 1. The van der Waals surface area contributed by atoms with E-state index in [0.717, 1.165) is 0 Å². The van der Waals surface area contributed by atoms with Crippen molar-refractivity contribution in [1.29, 1.82) is 0 Å². The molecule has 0 atom stereocenters. The molecular formula is C7H7BrCl2FN. The standard InChI is InChI=1S/C7H6BrClFN.ClH/c8-6-4(3-11)1-2-5(9)7(6)10;/h1-2H,3,11H2;1H. The molecule has 0 saturated carbocycles. The van der Waals surface area contributed by atoms with E-state index in [4.69, 9.17) is 17.3 Å². The molecule has 0 spiro atoms. The zero-order valence-corrected chi connectivity index (χ0v) is 9.14. The molecule has 0 aliphatic carbocycles. The van der Waals surface area contributed by atoms with Crippen LogP contribution in [0.2, 0.25) is 5.02 Å². The second kappa shape index (κ2) is 5.02. The lowest BCUT2D eigenvalue weighted by molar-refractivity contribution is 0.618. The van der Waals surface area contributed by atoms with Crippen molar-refractivity contribution in [2.45, 2.75) is 6.54 Å². The third kappa shape index (κ3) is 2.33. The van der Waals surface area contributed by atoms with Crippen LogP contribution in [0.4, 0.5) is 4.39 Å². The summed E-state index contributed by atoms with van der Waals surface area (Å²) in [6.07, 6.45) is 0. The monoisotopic (exact) mass is 273 g/mol. The number of benzene rings is 1. The van der Waals surface area contributed by atoms with E-state index in [0.29, 0.717) is 16.6 Å². The SMILES string of the molecule is Cl.NCc1ccc(Cl)c(F)c1Br. The summed E-state index contributed by atoms with van der Waals surface area (Å²) in [6, 6.07) is 3.18. The highest BCUT2D eigenvalue weighted by molar-refractivity contribution is 9.10. The summed E-state index contributed by atoms with van der Waals surface area (Å²) in [5.41, 5.74) is 6.04. The Bertz CT molecular complexity index is 280. The second-order valence-electron chi connectivity index (χ2n) is 2.04. The van der Waals surface area contributed by atoms with Gasteiger partial charge in [0.2, 0.25) is 0 Å². The van der Waals surface area contributed by atoms with E-state index in [1.165, 1.54) is 6.07 Å². The van der Waals surface area contributed by atoms with E-state index in [2.05, 4.69) is 15.9 Å². The molecule has 0 radical (unpaired) electrons. The van der Waals surface area contributed by atoms with E-state index in [9.17, 15) is 4.39 Å². The average molecular weight is 275 g/mol. The normalized spacial score (nSPS) is 9.33. The van der Waals surface area contributed by atoms with Crippen molar-refractivity contribution in [3.05, 3.63) is 33.0 Å². The fourth-order valence-electron chi connectivity index (χ4n) is 0.724. The van der Waals surface area contributed by atoms with Gasteiger partial charge in [0.25, 0.3) is 0 Å². The van der Waals surface area contributed by atoms with Crippen LogP contribution in [0.15, 0.2) is 16.6 Å². The van der Waals surface area contributed by atoms with Crippen LogP contribution < -0.4 is 5.73 Å². The summed E-state index contributed by atoms with van der Waals surface area (Å²) in [4.78, 5) is 0. The van der Waals surface area contributed by atoms with Crippen molar-refractivity contribution < 1.29 is 4.39 Å². The fraction of sp³-hybridized carbons (Fsp3) is 0.143. The van der Waals surface area contributed by atoms with Crippen LogP contribution in [-0.2, 0) is 6.54 Å². The zero-order chi connectivity index (χ0) is 8.43. The molecule has 12 heavy (non-hydrogen) atoms. The van der Waals surface area contributed by atoms with Crippen LogP contribution >= 0.6 is 39.9 Å². The van der Waals surface area contributed by atoms with Gasteiger partial charge < -0.3 is 5.73 Å². The van der Waals surface area contributed by atoms with Crippen LogP contribution in [-0.4, -0.2) is 0 Å². The molecule has 0 aromatic heterocycles. The lowest BCUT2D eigenvalue weighted by Crippen LogP contribution is -1.98. The minimum absolute atomic E-state index is 0. The van der Waals surface area contributed by atoms with Gasteiger partial charge in [-0.2, -0.15) is 0 Å². The molecule has 1 rings (SSSR count). The Hall–Kier alpha value is 0.170. The number of halogens is 4. The molecule has 1 aromatic rings. The highest BCUT2D eigenvalue weighted by Crippen LogP contribution is 2.26. The zero-order valence-electron chi connectivity index (χ0n) is 5.98. The highest BCUT2D eigenvalue weighted by Gasteiger charge is 2.07. The van der Waals surface area contributed by atoms with Gasteiger partial charge in [-0.05, 0) is 27.6 Å². The summed E-state index contributed by atoms with van der Waals surface area (Å²) in [7, 11) is 0. The minimum atomic E-state index is -0.449. The van der Waals surface area contributed by atoms with Gasteiger partial charge >= 0.3 is 0 Å². The molecule has 5 heteroatoms. The first kappa shape index (κ1) is 12.2. The van der Waals surface area contributed by atoms with Crippen molar-refractivity contribution in [3.63, 3.8) is 0 Å². The van der Waals surface area contributed by atoms with Crippen molar-refractivity contribution in [2.24, 2.45) is 5.73 Å². The smallest absolute Gasteiger partial charge is 0.156 e. The summed E-state index contributed by atoms with van der Waals surface area (Å²) in [5.74, 6) is -0.449. The summed E-state index contributed by atoms with van der Waals surface area (Å²) in [5, 5.41) is 0.106. The van der Waals surface area contributed by atoms with Gasteiger partial charge in [0.1, 0.15) is 0 Å². The fourth-order valence-corrected chi connectivity index (χ4v) is 1.50. The number of rotatable bonds is 1.